The normalized spacial score (nSPS) is 23.9. The Kier molecular flexibility index (Phi) is 3.16. The van der Waals surface area contributed by atoms with E-state index in [-0.39, 0.29) is 33.8 Å². The molecule has 1 aromatic heterocycles. The SMILES string of the molecule is CC(C)c1cnc2c(c1)C(=O)C1SC([N+](=O)[O-])=CC1C2=O. The Morgan fingerprint density at radius 1 is 1.33 bits per heavy atom. The monoisotopic (exact) mass is 304 g/mol. The topological polar surface area (TPSA) is 90.2 Å². The summed E-state index contributed by atoms with van der Waals surface area (Å²) in [6.45, 7) is 3.94. The highest BCUT2D eigenvalue weighted by molar-refractivity contribution is 8.04. The first-order chi connectivity index (χ1) is 9.90. The minimum Gasteiger partial charge on any atom is -0.293 e. The van der Waals surface area contributed by atoms with Crippen LogP contribution in [-0.2, 0) is 0 Å². The molecule has 2 atom stereocenters. The Morgan fingerprint density at radius 3 is 2.67 bits per heavy atom. The van der Waals surface area contributed by atoms with E-state index in [1.54, 1.807) is 12.3 Å². The van der Waals surface area contributed by atoms with Crippen molar-refractivity contribution < 1.29 is 14.5 Å². The predicted octanol–water partition coefficient (Wildman–Crippen LogP) is 2.43. The molecule has 2 heterocycles. The van der Waals surface area contributed by atoms with Gasteiger partial charge in [-0.25, -0.2) is 0 Å². The number of Topliss-reactive ketones (excluding diaryl/α,β-unsaturated/α-hetero) is 2. The Bertz CT molecular complexity index is 711. The van der Waals surface area contributed by atoms with Crippen LogP contribution in [0.25, 0.3) is 0 Å². The molecule has 0 spiro atoms. The number of allylic oxidation sites excluding steroid dienone is 1. The Balaban J connectivity index is 2.07. The molecule has 1 aliphatic heterocycles. The highest BCUT2D eigenvalue weighted by Crippen LogP contribution is 2.43. The lowest BCUT2D eigenvalue weighted by Gasteiger charge is -2.23. The van der Waals surface area contributed by atoms with Crippen molar-refractivity contribution in [1.29, 1.82) is 0 Å². The van der Waals surface area contributed by atoms with Crippen molar-refractivity contribution >= 4 is 23.3 Å². The van der Waals surface area contributed by atoms with Gasteiger partial charge in [0.2, 0.25) is 0 Å². The van der Waals surface area contributed by atoms with Crippen molar-refractivity contribution in [2.75, 3.05) is 0 Å². The smallest absolute Gasteiger partial charge is 0.293 e. The highest BCUT2D eigenvalue weighted by atomic mass is 32.2. The van der Waals surface area contributed by atoms with Gasteiger partial charge in [-0.3, -0.25) is 24.7 Å². The summed E-state index contributed by atoms with van der Waals surface area (Å²) in [7, 11) is 0. The first-order valence-electron chi connectivity index (χ1n) is 6.51. The maximum Gasteiger partial charge on any atom is 0.300 e. The molecule has 0 radical (unpaired) electrons. The molecule has 0 saturated heterocycles. The third-order valence-electron chi connectivity index (χ3n) is 3.71. The summed E-state index contributed by atoms with van der Waals surface area (Å²) in [6.07, 6.45) is 2.87. The second-order valence-corrected chi connectivity index (χ2v) is 6.54. The fraction of sp³-hybridized carbons (Fsp3) is 0.357. The average Bonchev–Trinajstić information content (AvgIpc) is 2.90. The summed E-state index contributed by atoms with van der Waals surface area (Å²) in [5.41, 5.74) is 1.30. The van der Waals surface area contributed by atoms with Gasteiger partial charge in [0.05, 0.1) is 16.1 Å². The van der Waals surface area contributed by atoms with Crippen molar-refractivity contribution in [3.05, 3.63) is 50.3 Å². The number of ketones is 2. The number of nitro groups is 1. The van der Waals surface area contributed by atoms with Gasteiger partial charge in [-0.1, -0.05) is 13.8 Å². The number of pyridine rings is 1. The zero-order valence-electron chi connectivity index (χ0n) is 11.4. The molecule has 1 aliphatic carbocycles. The summed E-state index contributed by atoms with van der Waals surface area (Å²) >= 11 is 0.856. The highest BCUT2D eigenvalue weighted by Gasteiger charge is 2.48. The molecule has 2 aliphatic rings. The van der Waals surface area contributed by atoms with E-state index in [9.17, 15) is 19.7 Å². The molecule has 0 amide bonds. The van der Waals surface area contributed by atoms with E-state index in [2.05, 4.69) is 4.98 Å². The van der Waals surface area contributed by atoms with Crippen LogP contribution in [0.5, 0.6) is 0 Å². The molecule has 6 nitrogen and oxygen atoms in total. The molecule has 0 bridgehead atoms. The average molecular weight is 304 g/mol. The van der Waals surface area contributed by atoms with Gasteiger partial charge in [-0.15, -0.1) is 0 Å². The molecule has 0 fully saturated rings. The number of thioether (sulfide) groups is 1. The van der Waals surface area contributed by atoms with E-state index in [4.69, 9.17) is 0 Å². The maximum absolute atomic E-state index is 12.5. The minimum atomic E-state index is -0.771. The predicted molar refractivity (Wildman–Crippen MR) is 76.9 cm³/mol. The number of carbonyl (C=O) groups excluding carboxylic acids is 2. The van der Waals surface area contributed by atoms with Gasteiger partial charge in [0.25, 0.3) is 0 Å². The number of hydrogen-bond donors (Lipinski definition) is 0. The molecule has 0 N–H and O–H groups in total. The van der Waals surface area contributed by atoms with E-state index in [1.807, 2.05) is 13.8 Å². The summed E-state index contributed by atoms with van der Waals surface area (Å²) in [5, 5.41) is 9.99. The molecule has 7 heteroatoms. The van der Waals surface area contributed by atoms with E-state index < -0.39 is 16.1 Å². The number of nitrogens with zero attached hydrogens (tertiary/aromatic N) is 2. The molecular weight excluding hydrogens is 292 g/mol. The largest absolute Gasteiger partial charge is 0.300 e. The molecule has 1 aromatic rings. The summed E-state index contributed by atoms with van der Waals surface area (Å²) in [6, 6.07) is 1.69. The van der Waals surface area contributed by atoms with Gasteiger partial charge >= 0.3 is 5.03 Å². The number of fused-ring (bicyclic) bond motifs is 2. The zero-order valence-corrected chi connectivity index (χ0v) is 12.2. The molecular formula is C14H12N2O4S. The fourth-order valence-electron chi connectivity index (χ4n) is 2.51. The quantitative estimate of drug-likeness (QED) is 0.615. The molecule has 0 aromatic carbocycles. The van der Waals surface area contributed by atoms with Gasteiger partial charge < -0.3 is 0 Å². The number of carbonyl (C=O) groups is 2. The number of rotatable bonds is 2. The van der Waals surface area contributed by atoms with E-state index >= 15 is 0 Å². The van der Waals surface area contributed by atoms with Gasteiger partial charge in [0, 0.05) is 17.8 Å². The Morgan fingerprint density at radius 2 is 2.05 bits per heavy atom. The summed E-state index contributed by atoms with van der Waals surface area (Å²) in [5.74, 6) is -1.14. The fourth-order valence-corrected chi connectivity index (χ4v) is 3.66. The van der Waals surface area contributed by atoms with E-state index in [1.165, 1.54) is 6.08 Å². The van der Waals surface area contributed by atoms with Crippen molar-refractivity contribution in [2.24, 2.45) is 5.92 Å². The molecule has 3 rings (SSSR count). The second kappa shape index (κ2) is 4.77. The molecule has 21 heavy (non-hydrogen) atoms. The van der Waals surface area contributed by atoms with Crippen LogP contribution in [0.15, 0.2) is 23.4 Å². The summed E-state index contributed by atoms with van der Waals surface area (Å²) in [4.78, 5) is 39.3. The van der Waals surface area contributed by atoms with E-state index in [0.29, 0.717) is 0 Å². The van der Waals surface area contributed by atoms with Crippen LogP contribution in [0.4, 0.5) is 0 Å². The second-order valence-electron chi connectivity index (χ2n) is 5.37. The first kappa shape index (κ1) is 13.9. The molecule has 0 saturated carbocycles. The molecule has 2 unspecified atom stereocenters. The number of aromatic nitrogens is 1. The first-order valence-corrected chi connectivity index (χ1v) is 7.39. The van der Waals surface area contributed by atoms with Crippen LogP contribution < -0.4 is 0 Å². The van der Waals surface area contributed by atoms with Crippen molar-refractivity contribution in [3.8, 4) is 0 Å². The third kappa shape index (κ3) is 2.08. The molecule has 108 valence electrons. The van der Waals surface area contributed by atoms with Gasteiger partial charge in [-0.05, 0) is 29.3 Å². The third-order valence-corrected chi connectivity index (χ3v) is 5.00. The van der Waals surface area contributed by atoms with Crippen molar-refractivity contribution in [1.82, 2.24) is 4.98 Å². The van der Waals surface area contributed by atoms with Gasteiger partial charge in [0.1, 0.15) is 5.69 Å². The van der Waals surface area contributed by atoms with Crippen LogP contribution in [0.1, 0.15) is 46.2 Å². The van der Waals surface area contributed by atoms with Crippen molar-refractivity contribution in [3.63, 3.8) is 0 Å². The lowest BCUT2D eigenvalue weighted by Crippen LogP contribution is -2.36. The van der Waals surface area contributed by atoms with Crippen molar-refractivity contribution in [2.45, 2.75) is 25.0 Å². The summed E-state index contributed by atoms with van der Waals surface area (Å²) < 4.78 is 0. The van der Waals surface area contributed by atoms with Crippen LogP contribution in [0.2, 0.25) is 0 Å². The van der Waals surface area contributed by atoms with Gasteiger partial charge in [-0.2, -0.15) is 0 Å². The Labute approximate surface area is 124 Å². The maximum atomic E-state index is 12.5. The van der Waals surface area contributed by atoms with Crippen LogP contribution >= 0.6 is 11.8 Å². The minimum absolute atomic E-state index is 0.132. The number of hydrogen-bond acceptors (Lipinski definition) is 6. The standard InChI is InChI=1S/C14H12N2O4S/c1-6(2)7-3-8-11(15-5-7)12(17)9-4-10(16(19)20)21-14(9)13(8)18/h3-6,9,14H,1-2H3. The van der Waals surface area contributed by atoms with E-state index in [0.717, 1.165) is 17.3 Å². The van der Waals surface area contributed by atoms with Crippen LogP contribution in [-0.4, -0.2) is 26.7 Å². The van der Waals surface area contributed by atoms with Crippen LogP contribution in [0.3, 0.4) is 0 Å². The van der Waals surface area contributed by atoms with Gasteiger partial charge in [0.15, 0.2) is 11.6 Å². The zero-order chi connectivity index (χ0) is 15.3. The van der Waals surface area contributed by atoms with Crippen LogP contribution in [0, 0.1) is 16.0 Å². The lowest BCUT2D eigenvalue weighted by molar-refractivity contribution is -0.410. The Hall–Kier alpha value is -2.02. The lowest BCUT2D eigenvalue weighted by atomic mass is 9.83.